The van der Waals surface area contributed by atoms with E-state index < -0.39 is 96.2 Å². The fourth-order valence-electron chi connectivity index (χ4n) is 14.9. The molecule has 0 aromatic carbocycles. The topological polar surface area (TPSA) is 260 Å². The van der Waals surface area contributed by atoms with Crippen LogP contribution in [-0.2, 0) is 41.5 Å². The van der Waals surface area contributed by atoms with Crippen LogP contribution in [0.15, 0.2) is 198 Å². The molecule has 3 unspecified atom stereocenters. The van der Waals surface area contributed by atoms with Crippen LogP contribution < -0.4 is 5.32 Å². The summed E-state index contributed by atoms with van der Waals surface area (Å²) < 4.78 is 71.5. The Labute approximate surface area is 752 Å². The monoisotopic (exact) mass is 1770 g/mol. The van der Waals surface area contributed by atoms with Gasteiger partial charge in [-0.3, -0.25) is 13.8 Å². The lowest BCUT2D eigenvalue weighted by molar-refractivity contribution is -0.332. The summed E-state index contributed by atoms with van der Waals surface area (Å²) in [6.07, 6.45) is 60.7. The molecule has 0 radical (unpaired) electrons. The van der Waals surface area contributed by atoms with Gasteiger partial charge in [0.15, 0.2) is 12.5 Å². The molecule has 2 heterocycles. The van der Waals surface area contributed by atoms with Crippen molar-refractivity contribution in [1.29, 1.82) is 0 Å². The standard InChI is InChI=1S/C104H172FNO16P2/c1-76(2)38-21-39-77(3)40-22-41-78(4)42-23-43-79(5)44-24-45-80(6)46-25-47-81(7)48-26-49-82(8)50-27-51-83(9)52-28-53-84(10)54-29-55-85(11)56-30-57-86(12)58-31-59-87(13)60-32-61-88(14)62-33-63-89(15)64-34-65-90(16)66-35-67-91(17)68-36-69-92(18)70-37-71-93(19)72-73-117-123(113,114)122-124(115,116)121-103-97(105)100(111)102(96(75-108)119-103)120-104-98(106-94(20)109)101(112)99(110)95(74-107)118-104/h38,40,42,44,46,48,50,52,54,56,58,60,62,64,66,68,70,93,95-104,107-108,110-112H,21-37,39,41,43,45,47,49,51,53,55,57,59,61,63,65,67,69,71-75H2,1-20H3,(H,106,109)(H,113,114)(H,115,116)/b77-40+,78-42+,79-44+,80-46+,81-48+,82-50+,83-52+,84-54+,85-56+,86-58+,87-60+,88-62+,89-64+,90-66+,91-68+,92-70+/t93?,95-,96-,97-,98-,99-,100-,101-,102-,103-,104+/m1/s1. The van der Waals surface area contributed by atoms with Crippen molar-refractivity contribution in [2.75, 3.05) is 19.8 Å². The number of nitrogens with one attached hydrogen (secondary N) is 1. The first-order chi connectivity index (χ1) is 58.7. The van der Waals surface area contributed by atoms with Gasteiger partial charge >= 0.3 is 15.6 Å². The first kappa shape index (κ1) is 115. The van der Waals surface area contributed by atoms with E-state index in [-0.39, 0.29) is 12.5 Å². The SMILES string of the molecule is CC(=O)N[C@H]1[C@H](O[C@H]2[C@H](O)[C@@H](F)[C@@H](OP(=O)(O)OP(=O)(O)OCCC(C)CC/C=C(\C)CC/C=C(\C)CC/C=C(\C)CC/C=C(\C)CC/C=C(\C)CC/C=C(\C)CC/C=C(\C)CC/C=C(\C)CC/C=C(\C)CC/C=C(\C)CC/C=C(\C)CC/C=C(\C)CC/C=C(\C)CC/C=C(\C)CC/C=C(\C)CC/C=C(\C)CCC=C(C)C)O[C@@H]2CO)O[C@H](CO)[C@@H](O)[C@@H]1O. The highest BCUT2D eigenvalue weighted by atomic mass is 31.3. The van der Waals surface area contributed by atoms with Crippen molar-refractivity contribution in [2.24, 2.45) is 5.92 Å². The molecule has 2 aliphatic heterocycles. The number of aliphatic hydroxyl groups is 5. The maximum atomic E-state index is 15.6. The Hall–Kier alpha value is -5.08. The van der Waals surface area contributed by atoms with Crippen LogP contribution >= 0.6 is 15.6 Å². The Morgan fingerprint density at radius 3 is 0.855 bits per heavy atom. The zero-order chi connectivity index (χ0) is 92.6. The number of halogens is 1. The molecule has 0 aromatic rings. The van der Waals surface area contributed by atoms with Crippen LogP contribution in [0, 0.1) is 5.92 Å². The summed E-state index contributed by atoms with van der Waals surface area (Å²) in [5, 5.41) is 53.7. The summed E-state index contributed by atoms with van der Waals surface area (Å²) >= 11 is 0. The number of alkyl halides is 1. The molecule has 2 saturated heterocycles. The third-order valence-corrected chi connectivity index (χ3v) is 26.0. The third-order valence-electron chi connectivity index (χ3n) is 23.3. The highest BCUT2D eigenvalue weighted by Gasteiger charge is 2.54. The third kappa shape index (κ3) is 56.4. The number of ether oxygens (including phenoxy) is 3. The van der Waals surface area contributed by atoms with Gasteiger partial charge in [0.25, 0.3) is 0 Å². The van der Waals surface area contributed by atoms with Crippen molar-refractivity contribution in [3.05, 3.63) is 198 Å². The van der Waals surface area contributed by atoms with Crippen LogP contribution in [-0.4, -0.2) is 122 Å². The molecular weight excluding hydrogens is 1600 g/mol. The number of hydrogen-bond acceptors (Lipinski definition) is 14. The maximum absolute atomic E-state index is 15.6. The minimum absolute atomic E-state index is 0.0259. The Balaban J connectivity index is 1.57. The Morgan fingerprint density at radius 2 is 0.605 bits per heavy atom. The number of phosphoric ester groups is 2. The van der Waals surface area contributed by atoms with Gasteiger partial charge in [-0.2, -0.15) is 4.31 Å². The Morgan fingerprint density at radius 1 is 0.355 bits per heavy atom. The molecular formula is C104H172FNO16P2. The molecule has 0 aromatic heterocycles. The second-order valence-electron chi connectivity index (χ2n) is 36.3. The predicted octanol–water partition coefficient (Wildman–Crippen LogP) is 27.4. The molecule has 1 amide bonds. The number of phosphoric acid groups is 2. The molecule has 0 bridgehead atoms. The van der Waals surface area contributed by atoms with Crippen LogP contribution in [0.4, 0.5) is 4.39 Å². The fourth-order valence-corrected chi connectivity index (χ4v) is 17.0. The molecule has 13 atom stereocenters. The zero-order valence-corrected chi connectivity index (χ0v) is 82.4. The number of aliphatic hydroxyl groups excluding tert-OH is 5. The molecule has 0 saturated carbocycles. The fraction of sp³-hybridized carbons (Fsp3) is 0.663. The summed E-state index contributed by atoms with van der Waals surface area (Å²) in [6.45, 7) is 41.5. The van der Waals surface area contributed by atoms with Crippen molar-refractivity contribution in [3.63, 3.8) is 0 Å². The van der Waals surface area contributed by atoms with Gasteiger partial charge in [0, 0.05) is 6.92 Å². The number of rotatable bonds is 64. The molecule has 2 aliphatic rings. The largest absolute Gasteiger partial charge is 0.483 e. The van der Waals surface area contributed by atoms with E-state index in [1.54, 1.807) is 0 Å². The van der Waals surface area contributed by atoms with Gasteiger partial charge in [0.1, 0.15) is 42.7 Å². The van der Waals surface area contributed by atoms with Gasteiger partial charge in [0.2, 0.25) is 12.2 Å². The first-order valence-corrected chi connectivity index (χ1v) is 49.7. The number of carbonyl (C=O) groups excluding carboxylic acids is 1. The van der Waals surface area contributed by atoms with E-state index in [0.717, 1.165) is 212 Å². The van der Waals surface area contributed by atoms with Crippen LogP contribution in [0.5, 0.6) is 0 Å². The van der Waals surface area contributed by atoms with E-state index in [9.17, 15) is 49.2 Å². The zero-order valence-electron chi connectivity index (χ0n) is 80.6. The quantitative estimate of drug-likeness (QED) is 0.0208. The van der Waals surface area contributed by atoms with Crippen molar-refractivity contribution >= 4 is 21.6 Å². The second kappa shape index (κ2) is 66.3. The smallest absolute Gasteiger partial charge is 0.394 e. The van der Waals surface area contributed by atoms with Gasteiger partial charge < -0.3 is 54.8 Å². The van der Waals surface area contributed by atoms with Gasteiger partial charge in [-0.1, -0.05) is 205 Å². The van der Waals surface area contributed by atoms with Crippen LogP contribution in [0.25, 0.3) is 0 Å². The van der Waals surface area contributed by atoms with E-state index in [0.29, 0.717) is 6.42 Å². The molecule has 2 fully saturated rings. The van der Waals surface area contributed by atoms with Gasteiger partial charge in [0.05, 0.1) is 19.8 Å². The van der Waals surface area contributed by atoms with E-state index in [1.807, 2.05) is 6.92 Å². The summed E-state index contributed by atoms with van der Waals surface area (Å²) in [7, 11) is -10.9. The normalized spacial score (nSPS) is 23.0. The lowest BCUT2D eigenvalue weighted by Crippen LogP contribution is -2.67. The maximum Gasteiger partial charge on any atom is 0.483 e. The molecule has 706 valence electrons. The summed E-state index contributed by atoms with van der Waals surface area (Å²) in [4.78, 5) is 32.5. The minimum Gasteiger partial charge on any atom is -0.394 e. The number of carbonyl (C=O) groups is 1. The molecule has 8 N–H and O–H groups in total. The highest BCUT2D eigenvalue weighted by molar-refractivity contribution is 7.61. The molecule has 0 aliphatic carbocycles. The first-order valence-electron chi connectivity index (χ1n) is 46.7. The molecule has 20 heteroatoms. The van der Waals surface area contributed by atoms with E-state index in [4.69, 9.17) is 23.3 Å². The second-order valence-corrected chi connectivity index (χ2v) is 39.3. The van der Waals surface area contributed by atoms with E-state index in [1.165, 1.54) is 108 Å². The highest BCUT2D eigenvalue weighted by Crippen LogP contribution is 2.61. The van der Waals surface area contributed by atoms with Crippen LogP contribution in [0.2, 0.25) is 0 Å². The van der Waals surface area contributed by atoms with Crippen molar-refractivity contribution in [3.8, 4) is 0 Å². The van der Waals surface area contributed by atoms with Crippen LogP contribution in [0.1, 0.15) is 363 Å². The predicted molar refractivity (Wildman–Crippen MR) is 515 cm³/mol. The number of hydrogen-bond donors (Lipinski definition) is 8. The molecule has 0 spiro atoms. The van der Waals surface area contributed by atoms with Gasteiger partial charge in [-0.25, -0.2) is 13.5 Å². The average molecular weight is 1770 g/mol. The number of amides is 1. The van der Waals surface area contributed by atoms with Gasteiger partial charge in [-0.15, -0.1) is 0 Å². The molecule has 17 nitrogen and oxygen atoms in total. The van der Waals surface area contributed by atoms with E-state index >= 15 is 4.39 Å². The Kier molecular flexibility index (Phi) is 61.5. The lowest BCUT2D eigenvalue weighted by Gasteiger charge is -2.46. The summed E-state index contributed by atoms with van der Waals surface area (Å²) in [6, 6.07) is -1.51. The number of allylic oxidation sites excluding steroid dienone is 34. The van der Waals surface area contributed by atoms with Gasteiger partial charge in [-0.05, 0) is 355 Å². The van der Waals surface area contributed by atoms with Crippen molar-refractivity contribution < 1.29 is 81.2 Å². The summed E-state index contributed by atoms with van der Waals surface area (Å²) in [5.41, 5.74) is 25.0. The summed E-state index contributed by atoms with van der Waals surface area (Å²) in [5.74, 6) is -0.675. The van der Waals surface area contributed by atoms with Crippen molar-refractivity contribution in [1.82, 2.24) is 5.32 Å². The average Bonchev–Trinajstić information content (AvgIpc) is 0.778. The minimum atomic E-state index is -5.66. The van der Waals surface area contributed by atoms with Crippen molar-refractivity contribution in [2.45, 2.75) is 425 Å². The van der Waals surface area contributed by atoms with E-state index in [2.05, 4.69) is 238 Å². The lowest BCUT2D eigenvalue weighted by atomic mass is 9.95. The molecule has 2 rings (SSSR count). The Bertz CT molecular complexity index is 3770. The molecule has 124 heavy (non-hydrogen) atoms. The van der Waals surface area contributed by atoms with Crippen LogP contribution in [0.3, 0.4) is 0 Å².